The highest BCUT2D eigenvalue weighted by Gasteiger charge is 2.38. The van der Waals surface area contributed by atoms with E-state index < -0.39 is 0 Å². The molecule has 1 heterocycles. The Morgan fingerprint density at radius 3 is 2.56 bits per heavy atom. The summed E-state index contributed by atoms with van der Waals surface area (Å²) in [7, 11) is 2.23. The van der Waals surface area contributed by atoms with Gasteiger partial charge in [0.15, 0.2) is 0 Å². The molecule has 0 aromatic heterocycles. The summed E-state index contributed by atoms with van der Waals surface area (Å²) >= 11 is 0. The van der Waals surface area contributed by atoms with Crippen molar-refractivity contribution in [2.45, 2.75) is 58.2 Å². The van der Waals surface area contributed by atoms with Gasteiger partial charge in [-0.25, -0.2) is 0 Å². The summed E-state index contributed by atoms with van der Waals surface area (Å²) in [6.07, 6.45) is 2.34. The third kappa shape index (κ3) is 2.96. The average molecular weight is 227 g/mol. The van der Waals surface area contributed by atoms with Gasteiger partial charge in [-0.2, -0.15) is 0 Å². The second-order valence-corrected chi connectivity index (χ2v) is 5.87. The van der Waals surface area contributed by atoms with Crippen LogP contribution in [0.15, 0.2) is 0 Å². The lowest BCUT2D eigenvalue weighted by molar-refractivity contribution is -0.0307. The van der Waals surface area contributed by atoms with Gasteiger partial charge in [0.25, 0.3) is 0 Å². The van der Waals surface area contributed by atoms with Crippen LogP contribution in [0.2, 0.25) is 0 Å². The SMILES string of the molecule is CCC(C)N1CC(CCN)N(C)CC1(C)C. The molecule has 16 heavy (non-hydrogen) atoms. The average Bonchev–Trinajstić information content (AvgIpc) is 2.20. The van der Waals surface area contributed by atoms with Gasteiger partial charge in [0.2, 0.25) is 0 Å². The highest BCUT2D eigenvalue weighted by atomic mass is 15.3. The Balaban J connectivity index is 2.73. The molecule has 1 aliphatic heterocycles. The summed E-state index contributed by atoms with van der Waals surface area (Å²) in [6.45, 7) is 12.4. The number of rotatable bonds is 4. The summed E-state index contributed by atoms with van der Waals surface area (Å²) in [5.74, 6) is 0. The molecule has 0 aromatic carbocycles. The molecule has 2 atom stereocenters. The van der Waals surface area contributed by atoms with Gasteiger partial charge in [-0.1, -0.05) is 6.92 Å². The number of nitrogens with two attached hydrogens (primary N) is 1. The van der Waals surface area contributed by atoms with E-state index in [-0.39, 0.29) is 5.54 Å². The predicted octanol–water partition coefficient (Wildman–Crippen LogP) is 1.53. The summed E-state index contributed by atoms with van der Waals surface area (Å²) in [5.41, 5.74) is 5.99. The van der Waals surface area contributed by atoms with Gasteiger partial charge >= 0.3 is 0 Å². The maximum atomic E-state index is 5.70. The maximum Gasteiger partial charge on any atom is 0.0283 e. The lowest BCUT2D eigenvalue weighted by atomic mass is 9.92. The molecule has 2 N–H and O–H groups in total. The number of piperazine rings is 1. The Hall–Kier alpha value is -0.120. The lowest BCUT2D eigenvalue weighted by Crippen LogP contribution is -2.64. The normalized spacial score (nSPS) is 29.2. The largest absolute Gasteiger partial charge is 0.330 e. The summed E-state index contributed by atoms with van der Waals surface area (Å²) < 4.78 is 0. The van der Waals surface area contributed by atoms with Gasteiger partial charge in [0, 0.05) is 30.7 Å². The zero-order valence-corrected chi connectivity index (χ0v) is 11.7. The highest BCUT2D eigenvalue weighted by molar-refractivity contribution is 4.95. The third-order valence-electron chi connectivity index (χ3n) is 4.07. The molecule has 1 aliphatic rings. The molecular weight excluding hydrogens is 198 g/mol. The van der Waals surface area contributed by atoms with E-state index >= 15 is 0 Å². The molecule has 0 bridgehead atoms. The Bertz CT molecular complexity index is 215. The van der Waals surface area contributed by atoms with Crippen molar-refractivity contribution >= 4 is 0 Å². The molecule has 3 heteroatoms. The first kappa shape index (κ1) is 13.9. The molecule has 0 radical (unpaired) electrons. The van der Waals surface area contributed by atoms with Gasteiger partial charge in [-0.15, -0.1) is 0 Å². The number of hydrogen-bond acceptors (Lipinski definition) is 3. The molecule has 2 unspecified atom stereocenters. The minimum Gasteiger partial charge on any atom is -0.330 e. The van der Waals surface area contributed by atoms with E-state index in [1.54, 1.807) is 0 Å². The Morgan fingerprint density at radius 1 is 1.44 bits per heavy atom. The van der Waals surface area contributed by atoms with E-state index in [0.29, 0.717) is 12.1 Å². The standard InChI is InChI=1S/C13H29N3/c1-6-11(2)16-9-12(7-8-14)15(5)10-13(16,3)4/h11-12H,6-10,14H2,1-5H3. The third-order valence-corrected chi connectivity index (χ3v) is 4.07. The van der Waals surface area contributed by atoms with E-state index in [0.717, 1.165) is 26.1 Å². The molecule has 0 spiro atoms. The van der Waals surface area contributed by atoms with Crippen molar-refractivity contribution in [3.63, 3.8) is 0 Å². The first-order valence-electron chi connectivity index (χ1n) is 6.59. The van der Waals surface area contributed by atoms with Crippen LogP contribution in [0, 0.1) is 0 Å². The molecule has 0 aliphatic carbocycles. The molecule has 96 valence electrons. The van der Waals surface area contributed by atoms with Crippen LogP contribution in [0.4, 0.5) is 0 Å². The zero-order chi connectivity index (χ0) is 12.3. The van der Waals surface area contributed by atoms with Crippen LogP contribution >= 0.6 is 0 Å². The smallest absolute Gasteiger partial charge is 0.0283 e. The van der Waals surface area contributed by atoms with E-state index in [2.05, 4.69) is 44.5 Å². The second-order valence-electron chi connectivity index (χ2n) is 5.87. The van der Waals surface area contributed by atoms with Gasteiger partial charge in [0.05, 0.1) is 0 Å². The van der Waals surface area contributed by atoms with Crippen molar-refractivity contribution in [1.82, 2.24) is 9.80 Å². The van der Waals surface area contributed by atoms with Crippen LogP contribution in [0.25, 0.3) is 0 Å². The quantitative estimate of drug-likeness (QED) is 0.790. The molecule has 3 nitrogen and oxygen atoms in total. The van der Waals surface area contributed by atoms with Crippen molar-refractivity contribution in [2.75, 3.05) is 26.7 Å². The minimum atomic E-state index is 0.287. The topological polar surface area (TPSA) is 32.5 Å². The van der Waals surface area contributed by atoms with Gasteiger partial charge in [-0.3, -0.25) is 4.90 Å². The van der Waals surface area contributed by atoms with E-state index in [1.807, 2.05) is 0 Å². The van der Waals surface area contributed by atoms with Crippen molar-refractivity contribution in [3.8, 4) is 0 Å². The molecule has 1 fully saturated rings. The fourth-order valence-electron chi connectivity index (χ4n) is 2.94. The summed E-state index contributed by atoms with van der Waals surface area (Å²) in [6, 6.07) is 1.30. The van der Waals surface area contributed by atoms with Crippen molar-refractivity contribution < 1.29 is 0 Å². The van der Waals surface area contributed by atoms with Crippen LogP contribution in [-0.4, -0.2) is 54.1 Å². The van der Waals surface area contributed by atoms with Crippen molar-refractivity contribution in [2.24, 2.45) is 5.73 Å². The Kier molecular flexibility index (Phi) is 4.77. The monoisotopic (exact) mass is 227 g/mol. The molecule has 0 amide bonds. The van der Waals surface area contributed by atoms with Crippen LogP contribution in [0.3, 0.4) is 0 Å². The van der Waals surface area contributed by atoms with Crippen molar-refractivity contribution in [3.05, 3.63) is 0 Å². The van der Waals surface area contributed by atoms with E-state index in [4.69, 9.17) is 5.73 Å². The van der Waals surface area contributed by atoms with Gasteiger partial charge in [-0.05, 0) is 47.2 Å². The van der Waals surface area contributed by atoms with Gasteiger partial charge < -0.3 is 10.6 Å². The zero-order valence-electron chi connectivity index (χ0n) is 11.7. The molecule has 0 saturated carbocycles. The second kappa shape index (κ2) is 5.48. The fourth-order valence-corrected chi connectivity index (χ4v) is 2.94. The predicted molar refractivity (Wildman–Crippen MR) is 70.6 cm³/mol. The number of hydrogen-bond donors (Lipinski definition) is 1. The Morgan fingerprint density at radius 2 is 2.06 bits per heavy atom. The number of likely N-dealkylation sites (N-methyl/N-ethyl adjacent to an activating group) is 1. The summed E-state index contributed by atoms with van der Waals surface area (Å²) in [4.78, 5) is 5.14. The lowest BCUT2D eigenvalue weighted by Gasteiger charge is -2.52. The Labute approximate surface area is 101 Å². The first-order chi connectivity index (χ1) is 7.42. The van der Waals surface area contributed by atoms with E-state index in [9.17, 15) is 0 Å². The van der Waals surface area contributed by atoms with Crippen molar-refractivity contribution in [1.29, 1.82) is 0 Å². The van der Waals surface area contributed by atoms with Crippen LogP contribution < -0.4 is 5.73 Å². The van der Waals surface area contributed by atoms with Gasteiger partial charge in [0.1, 0.15) is 0 Å². The minimum absolute atomic E-state index is 0.287. The molecule has 0 aromatic rings. The number of nitrogens with zero attached hydrogens (tertiary/aromatic N) is 2. The fraction of sp³-hybridized carbons (Fsp3) is 1.00. The first-order valence-corrected chi connectivity index (χ1v) is 6.59. The molecular formula is C13H29N3. The van der Waals surface area contributed by atoms with Crippen LogP contribution in [-0.2, 0) is 0 Å². The van der Waals surface area contributed by atoms with Crippen LogP contribution in [0.1, 0.15) is 40.5 Å². The van der Waals surface area contributed by atoms with Crippen LogP contribution in [0.5, 0.6) is 0 Å². The maximum absolute atomic E-state index is 5.70. The highest BCUT2D eigenvalue weighted by Crippen LogP contribution is 2.27. The molecule has 1 rings (SSSR count). The van der Waals surface area contributed by atoms with E-state index in [1.165, 1.54) is 6.42 Å². The summed E-state index contributed by atoms with van der Waals surface area (Å²) in [5, 5.41) is 0. The molecule has 1 saturated heterocycles.